The molecule has 25 heavy (non-hydrogen) atoms. The molecule has 0 unspecified atom stereocenters. The van der Waals surface area contributed by atoms with Crippen LogP contribution in [-0.4, -0.2) is 18.0 Å². The average Bonchev–Trinajstić information content (AvgIpc) is 2.54. The Kier molecular flexibility index (Phi) is 6.19. The van der Waals surface area contributed by atoms with Crippen LogP contribution in [0.1, 0.15) is 12.0 Å². The van der Waals surface area contributed by atoms with Gasteiger partial charge in [-0.15, -0.1) is 0 Å². The third-order valence-electron chi connectivity index (χ3n) is 3.21. The third-order valence-corrected chi connectivity index (χ3v) is 3.71. The van der Waals surface area contributed by atoms with Crippen LogP contribution in [-0.2, 0) is 16.0 Å². The van der Waals surface area contributed by atoms with Gasteiger partial charge in [-0.2, -0.15) is 13.2 Å². The van der Waals surface area contributed by atoms with Gasteiger partial charge in [-0.25, -0.2) is 0 Å². The van der Waals surface area contributed by atoms with Crippen LogP contribution in [0.5, 0.6) is 0 Å². The number of rotatable bonds is 5. The molecule has 4 nitrogen and oxygen atoms in total. The number of carbonyl (C=O) groups is 2. The van der Waals surface area contributed by atoms with E-state index in [4.69, 9.17) is 0 Å². The van der Waals surface area contributed by atoms with E-state index in [1.165, 1.54) is 24.3 Å². The first-order valence-corrected chi connectivity index (χ1v) is 8.06. The van der Waals surface area contributed by atoms with Crippen LogP contribution in [0.15, 0.2) is 53.0 Å². The van der Waals surface area contributed by atoms with Crippen molar-refractivity contribution in [2.75, 3.05) is 10.6 Å². The Hall–Kier alpha value is -2.35. The fourth-order valence-electron chi connectivity index (χ4n) is 2.01. The van der Waals surface area contributed by atoms with E-state index in [2.05, 4.69) is 21.2 Å². The molecule has 132 valence electrons. The fourth-order valence-corrected chi connectivity index (χ4v) is 2.46. The maximum Gasteiger partial charge on any atom is 0.471 e. The van der Waals surface area contributed by atoms with Crippen LogP contribution in [0, 0.1) is 0 Å². The standard InChI is InChI=1S/C17H14BrF3N2O2/c18-12-3-1-2-11(10-12)4-9-15(24)22-13-5-7-14(8-6-13)23-16(25)17(19,20)21/h1-3,5-8,10H,4,9H2,(H,22,24)(H,23,25). The summed E-state index contributed by atoms with van der Waals surface area (Å²) in [5.74, 6) is -2.26. The summed E-state index contributed by atoms with van der Waals surface area (Å²) in [5.41, 5.74) is 1.44. The second kappa shape index (κ2) is 8.15. The largest absolute Gasteiger partial charge is 0.471 e. The van der Waals surface area contributed by atoms with Crippen molar-refractivity contribution < 1.29 is 22.8 Å². The summed E-state index contributed by atoms with van der Waals surface area (Å²) in [6, 6.07) is 13.0. The minimum atomic E-state index is -4.95. The first kappa shape index (κ1) is 19.0. The number of anilines is 2. The smallest absolute Gasteiger partial charge is 0.326 e. The highest BCUT2D eigenvalue weighted by atomic mass is 79.9. The van der Waals surface area contributed by atoms with E-state index in [-0.39, 0.29) is 18.0 Å². The lowest BCUT2D eigenvalue weighted by Gasteiger charge is -2.09. The number of hydrogen-bond donors (Lipinski definition) is 2. The second-order valence-corrected chi connectivity index (χ2v) is 6.12. The maximum absolute atomic E-state index is 12.2. The normalized spacial score (nSPS) is 11.0. The fraction of sp³-hybridized carbons (Fsp3) is 0.176. The van der Waals surface area contributed by atoms with Crippen LogP contribution in [0.25, 0.3) is 0 Å². The highest BCUT2D eigenvalue weighted by molar-refractivity contribution is 9.10. The maximum atomic E-state index is 12.2. The summed E-state index contributed by atoms with van der Waals surface area (Å²) in [6.07, 6.45) is -4.12. The molecular weight excluding hydrogens is 401 g/mol. The highest BCUT2D eigenvalue weighted by Gasteiger charge is 2.38. The van der Waals surface area contributed by atoms with E-state index in [1.807, 2.05) is 24.3 Å². The van der Waals surface area contributed by atoms with Gasteiger partial charge in [0.2, 0.25) is 5.91 Å². The summed E-state index contributed by atoms with van der Waals surface area (Å²) >= 11 is 3.36. The second-order valence-electron chi connectivity index (χ2n) is 5.21. The molecule has 2 amide bonds. The predicted octanol–water partition coefficient (Wildman–Crippen LogP) is 4.52. The molecule has 2 rings (SSSR count). The molecular formula is C17H14BrF3N2O2. The van der Waals surface area contributed by atoms with Gasteiger partial charge in [-0.3, -0.25) is 9.59 Å². The number of nitrogens with one attached hydrogen (secondary N) is 2. The zero-order valence-electron chi connectivity index (χ0n) is 12.9. The minimum absolute atomic E-state index is 0.00513. The average molecular weight is 415 g/mol. The number of alkyl halides is 3. The Balaban J connectivity index is 1.86. The van der Waals surface area contributed by atoms with Gasteiger partial charge in [-0.1, -0.05) is 28.1 Å². The first-order chi connectivity index (χ1) is 11.7. The van der Waals surface area contributed by atoms with Gasteiger partial charge in [-0.05, 0) is 48.4 Å². The summed E-state index contributed by atoms with van der Waals surface area (Å²) < 4.78 is 37.4. The Morgan fingerprint density at radius 1 is 0.960 bits per heavy atom. The van der Waals surface area contributed by atoms with Gasteiger partial charge in [0.15, 0.2) is 0 Å². The lowest BCUT2D eigenvalue weighted by molar-refractivity contribution is -0.167. The van der Waals surface area contributed by atoms with Crippen molar-refractivity contribution in [3.05, 3.63) is 58.6 Å². The number of benzene rings is 2. The highest BCUT2D eigenvalue weighted by Crippen LogP contribution is 2.20. The third kappa shape index (κ3) is 6.22. The van der Waals surface area contributed by atoms with E-state index >= 15 is 0 Å². The van der Waals surface area contributed by atoms with Crippen LogP contribution in [0.3, 0.4) is 0 Å². The lowest BCUT2D eigenvalue weighted by Crippen LogP contribution is -2.29. The molecule has 0 aliphatic heterocycles. The van der Waals surface area contributed by atoms with Crippen molar-refractivity contribution in [1.82, 2.24) is 0 Å². The molecule has 0 saturated heterocycles. The Morgan fingerprint density at radius 2 is 1.56 bits per heavy atom. The SMILES string of the molecule is O=C(CCc1cccc(Br)c1)Nc1ccc(NC(=O)C(F)(F)F)cc1. The predicted molar refractivity (Wildman–Crippen MR) is 92.2 cm³/mol. The van der Waals surface area contributed by atoms with Crippen molar-refractivity contribution >= 4 is 39.1 Å². The van der Waals surface area contributed by atoms with E-state index < -0.39 is 12.1 Å². The van der Waals surface area contributed by atoms with Gasteiger partial charge >= 0.3 is 12.1 Å². The molecule has 2 N–H and O–H groups in total. The lowest BCUT2D eigenvalue weighted by atomic mass is 10.1. The molecule has 0 aliphatic carbocycles. The van der Waals surface area contributed by atoms with Crippen LogP contribution in [0.2, 0.25) is 0 Å². The van der Waals surface area contributed by atoms with E-state index in [0.717, 1.165) is 10.0 Å². The van der Waals surface area contributed by atoms with Crippen molar-refractivity contribution in [1.29, 1.82) is 0 Å². The molecule has 0 aromatic heterocycles. The number of hydrogen-bond acceptors (Lipinski definition) is 2. The van der Waals surface area contributed by atoms with Gasteiger partial charge in [0.1, 0.15) is 0 Å². The molecule has 2 aromatic carbocycles. The van der Waals surface area contributed by atoms with Crippen LogP contribution >= 0.6 is 15.9 Å². The molecule has 0 saturated carbocycles. The quantitative estimate of drug-likeness (QED) is 0.755. The number of halogens is 4. The molecule has 0 aliphatic rings. The Bertz CT molecular complexity index is 761. The number of amides is 2. The van der Waals surface area contributed by atoms with E-state index in [9.17, 15) is 22.8 Å². The van der Waals surface area contributed by atoms with E-state index in [0.29, 0.717) is 12.1 Å². The monoisotopic (exact) mass is 414 g/mol. The molecule has 0 heterocycles. The zero-order valence-corrected chi connectivity index (χ0v) is 14.4. The van der Waals surface area contributed by atoms with Crippen molar-refractivity contribution in [2.24, 2.45) is 0 Å². The van der Waals surface area contributed by atoms with Crippen molar-refractivity contribution in [3.63, 3.8) is 0 Å². The molecule has 8 heteroatoms. The Morgan fingerprint density at radius 3 is 2.12 bits per heavy atom. The van der Waals surface area contributed by atoms with Crippen molar-refractivity contribution in [2.45, 2.75) is 19.0 Å². The van der Waals surface area contributed by atoms with Gasteiger partial charge in [0.05, 0.1) is 0 Å². The van der Waals surface area contributed by atoms with Gasteiger partial charge < -0.3 is 10.6 Å². The Labute approximate surface area is 150 Å². The van der Waals surface area contributed by atoms with Gasteiger partial charge in [0, 0.05) is 22.3 Å². The molecule has 0 spiro atoms. The zero-order chi connectivity index (χ0) is 18.4. The van der Waals surface area contributed by atoms with Gasteiger partial charge in [0.25, 0.3) is 0 Å². The van der Waals surface area contributed by atoms with Crippen molar-refractivity contribution in [3.8, 4) is 0 Å². The molecule has 0 radical (unpaired) electrons. The molecule has 0 atom stereocenters. The number of carbonyl (C=O) groups excluding carboxylic acids is 2. The van der Waals surface area contributed by atoms with E-state index in [1.54, 1.807) is 5.32 Å². The first-order valence-electron chi connectivity index (χ1n) is 7.26. The number of aryl methyl sites for hydroxylation is 1. The summed E-state index contributed by atoms with van der Waals surface area (Å²) in [4.78, 5) is 22.8. The van der Waals surface area contributed by atoms with Crippen LogP contribution < -0.4 is 10.6 Å². The summed E-state index contributed by atoms with van der Waals surface area (Å²) in [5, 5.41) is 4.39. The summed E-state index contributed by atoms with van der Waals surface area (Å²) in [7, 11) is 0. The molecule has 0 fully saturated rings. The molecule has 0 bridgehead atoms. The minimum Gasteiger partial charge on any atom is -0.326 e. The molecule has 2 aromatic rings. The topological polar surface area (TPSA) is 58.2 Å². The summed E-state index contributed by atoms with van der Waals surface area (Å²) in [6.45, 7) is 0. The van der Waals surface area contributed by atoms with Crippen LogP contribution in [0.4, 0.5) is 24.5 Å².